The van der Waals surface area contributed by atoms with E-state index in [-0.39, 0.29) is 11.5 Å². The van der Waals surface area contributed by atoms with Crippen LogP contribution in [0.25, 0.3) is 0 Å². The van der Waals surface area contributed by atoms with Gasteiger partial charge >= 0.3 is 0 Å². The molecular formula is C18H24N2O. The molecule has 1 aliphatic carbocycles. The molecule has 1 aromatic heterocycles. The molecule has 0 bridgehead atoms. The fraction of sp³-hybridized carbons (Fsp3) is 0.500. The quantitative estimate of drug-likeness (QED) is 0.936. The summed E-state index contributed by atoms with van der Waals surface area (Å²) < 4.78 is 1.90. The van der Waals surface area contributed by atoms with Gasteiger partial charge in [-0.1, -0.05) is 43.2 Å². The van der Waals surface area contributed by atoms with E-state index in [9.17, 15) is 5.11 Å². The fourth-order valence-corrected chi connectivity index (χ4v) is 3.84. The third-order valence-corrected chi connectivity index (χ3v) is 4.98. The number of aliphatic hydroxyl groups excluding tert-OH is 1. The molecule has 1 N–H and O–H groups in total. The van der Waals surface area contributed by atoms with Crippen LogP contribution in [0.3, 0.4) is 0 Å². The van der Waals surface area contributed by atoms with Crippen LogP contribution in [0.1, 0.15) is 42.6 Å². The molecule has 1 aliphatic rings. The van der Waals surface area contributed by atoms with Gasteiger partial charge in [0, 0.05) is 24.6 Å². The van der Waals surface area contributed by atoms with Crippen LogP contribution in [0.15, 0.2) is 36.4 Å². The number of hydrogen-bond acceptors (Lipinski definition) is 2. The van der Waals surface area contributed by atoms with E-state index in [1.54, 1.807) is 0 Å². The van der Waals surface area contributed by atoms with Gasteiger partial charge in [-0.05, 0) is 31.4 Å². The van der Waals surface area contributed by atoms with Gasteiger partial charge in [0.2, 0.25) is 0 Å². The zero-order valence-corrected chi connectivity index (χ0v) is 12.9. The number of nitrogens with zero attached hydrogens (tertiary/aromatic N) is 2. The van der Waals surface area contributed by atoms with E-state index < -0.39 is 0 Å². The van der Waals surface area contributed by atoms with E-state index in [4.69, 9.17) is 0 Å². The Kier molecular flexibility index (Phi) is 3.85. The van der Waals surface area contributed by atoms with Gasteiger partial charge < -0.3 is 5.11 Å². The van der Waals surface area contributed by atoms with Crippen molar-refractivity contribution in [2.24, 2.45) is 7.05 Å². The molecule has 2 aromatic rings. The molecule has 0 amide bonds. The Morgan fingerprint density at radius 3 is 2.48 bits per heavy atom. The number of aromatic nitrogens is 2. The summed E-state index contributed by atoms with van der Waals surface area (Å²) in [6, 6.07) is 12.6. The summed E-state index contributed by atoms with van der Waals surface area (Å²) in [4.78, 5) is 0. The molecule has 1 unspecified atom stereocenters. The summed E-state index contributed by atoms with van der Waals surface area (Å²) in [5.74, 6) is 0. The van der Waals surface area contributed by atoms with E-state index in [1.165, 1.54) is 18.4 Å². The molecule has 21 heavy (non-hydrogen) atoms. The zero-order chi connectivity index (χ0) is 14.9. The lowest BCUT2D eigenvalue weighted by Gasteiger charge is -2.35. The van der Waals surface area contributed by atoms with Crippen LogP contribution in [0.2, 0.25) is 0 Å². The minimum atomic E-state index is -0.350. The van der Waals surface area contributed by atoms with E-state index in [0.29, 0.717) is 6.42 Å². The van der Waals surface area contributed by atoms with E-state index in [0.717, 1.165) is 24.2 Å². The second-order valence-electron chi connectivity index (χ2n) is 6.35. The maximum atomic E-state index is 11.0. The number of hydrogen-bond donors (Lipinski definition) is 1. The van der Waals surface area contributed by atoms with Crippen molar-refractivity contribution in [1.82, 2.24) is 9.78 Å². The molecule has 1 saturated carbocycles. The first-order valence-corrected chi connectivity index (χ1v) is 7.85. The lowest BCUT2D eigenvalue weighted by Crippen LogP contribution is -2.39. The minimum Gasteiger partial charge on any atom is -0.392 e. The summed E-state index contributed by atoms with van der Waals surface area (Å²) in [6.07, 6.45) is 4.89. The van der Waals surface area contributed by atoms with E-state index in [2.05, 4.69) is 35.4 Å². The Morgan fingerprint density at radius 1 is 1.24 bits per heavy atom. The summed E-state index contributed by atoms with van der Waals surface area (Å²) >= 11 is 0. The van der Waals surface area contributed by atoms with Gasteiger partial charge in [-0.15, -0.1) is 0 Å². The molecule has 1 fully saturated rings. The van der Waals surface area contributed by atoms with Gasteiger partial charge in [-0.25, -0.2) is 0 Å². The van der Waals surface area contributed by atoms with Crippen molar-refractivity contribution in [3.05, 3.63) is 53.3 Å². The molecule has 0 saturated heterocycles. The van der Waals surface area contributed by atoms with Crippen molar-refractivity contribution in [3.8, 4) is 0 Å². The van der Waals surface area contributed by atoms with E-state index in [1.807, 2.05) is 24.7 Å². The predicted molar refractivity (Wildman–Crippen MR) is 84.2 cm³/mol. The Hall–Kier alpha value is -1.61. The highest BCUT2D eigenvalue weighted by atomic mass is 16.3. The number of aliphatic hydroxyl groups is 1. The lowest BCUT2D eigenvalue weighted by atomic mass is 9.73. The zero-order valence-electron chi connectivity index (χ0n) is 12.9. The third kappa shape index (κ3) is 2.62. The van der Waals surface area contributed by atoms with Crippen molar-refractivity contribution >= 4 is 0 Å². The first kappa shape index (κ1) is 14.3. The van der Waals surface area contributed by atoms with Gasteiger partial charge in [-0.2, -0.15) is 5.10 Å². The minimum absolute atomic E-state index is 0.0839. The van der Waals surface area contributed by atoms with Gasteiger partial charge in [0.1, 0.15) is 0 Å². The first-order chi connectivity index (χ1) is 10.1. The molecule has 1 heterocycles. The standard InChI is InChI=1S/C18H24N2O/c1-14-12-16(20(2)19-14)13-17(21)18(10-6-7-11-18)15-8-4-3-5-9-15/h3-5,8-9,12,17,21H,6-7,10-11,13H2,1-2H3. The van der Waals surface area contributed by atoms with E-state index >= 15 is 0 Å². The average molecular weight is 284 g/mol. The molecule has 3 rings (SSSR count). The average Bonchev–Trinajstić information content (AvgIpc) is 3.08. The van der Waals surface area contributed by atoms with Crippen molar-refractivity contribution in [2.45, 2.75) is 50.5 Å². The second-order valence-corrected chi connectivity index (χ2v) is 6.35. The molecule has 0 aliphatic heterocycles. The Bertz CT molecular complexity index is 597. The van der Waals surface area contributed by atoms with Crippen LogP contribution in [0, 0.1) is 6.92 Å². The SMILES string of the molecule is Cc1cc(CC(O)C2(c3ccccc3)CCCC2)n(C)n1. The molecule has 112 valence electrons. The lowest BCUT2D eigenvalue weighted by molar-refractivity contribution is 0.0808. The Balaban J connectivity index is 1.89. The molecule has 1 atom stereocenters. The van der Waals surface area contributed by atoms with Crippen LogP contribution in [0.4, 0.5) is 0 Å². The maximum absolute atomic E-state index is 11.0. The largest absolute Gasteiger partial charge is 0.392 e. The summed E-state index contributed by atoms with van der Waals surface area (Å²) in [5.41, 5.74) is 3.33. The molecular weight excluding hydrogens is 260 g/mol. The van der Waals surface area contributed by atoms with Crippen molar-refractivity contribution in [3.63, 3.8) is 0 Å². The summed E-state index contributed by atoms with van der Waals surface area (Å²) in [7, 11) is 1.96. The van der Waals surface area contributed by atoms with Crippen molar-refractivity contribution in [1.29, 1.82) is 0 Å². The van der Waals surface area contributed by atoms with Crippen LogP contribution in [0.5, 0.6) is 0 Å². The van der Waals surface area contributed by atoms with Gasteiger partial charge in [0.25, 0.3) is 0 Å². The number of aryl methyl sites for hydroxylation is 2. The Labute approximate surface area is 126 Å². The molecule has 1 aromatic carbocycles. The first-order valence-electron chi connectivity index (χ1n) is 7.85. The second kappa shape index (κ2) is 5.64. The van der Waals surface area contributed by atoms with Crippen molar-refractivity contribution in [2.75, 3.05) is 0 Å². The van der Waals surface area contributed by atoms with Crippen molar-refractivity contribution < 1.29 is 5.11 Å². The summed E-state index contributed by atoms with van der Waals surface area (Å²) in [5, 5.41) is 15.4. The summed E-state index contributed by atoms with van der Waals surface area (Å²) in [6.45, 7) is 2.00. The highest BCUT2D eigenvalue weighted by molar-refractivity contribution is 5.29. The van der Waals surface area contributed by atoms with Crippen LogP contribution < -0.4 is 0 Å². The molecule has 0 spiro atoms. The van der Waals surface area contributed by atoms with Crippen LogP contribution >= 0.6 is 0 Å². The molecule has 3 heteroatoms. The Morgan fingerprint density at radius 2 is 1.90 bits per heavy atom. The van der Waals surface area contributed by atoms with Gasteiger partial charge in [0.15, 0.2) is 0 Å². The highest BCUT2D eigenvalue weighted by Crippen LogP contribution is 2.44. The predicted octanol–water partition coefficient (Wildman–Crippen LogP) is 3.14. The molecule has 0 radical (unpaired) electrons. The number of benzene rings is 1. The maximum Gasteiger partial charge on any atom is 0.0691 e. The van der Waals surface area contributed by atoms with Gasteiger partial charge in [-0.3, -0.25) is 4.68 Å². The fourth-order valence-electron chi connectivity index (χ4n) is 3.84. The van der Waals surface area contributed by atoms with Gasteiger partial charge in [0.05, 0.1) is 11.8 Å². The normalized spacial score (nSPS) is 18.8. The van der Waals surface area contributed by atoms with Crippen LogP contribution in [-0.2, 0) is 18.9 Å². The monoisotopic (exact) mass is 284 g/mol. The smallest absolute Gasteiger partial charge is 0.0691 e. The highest BCUT2D eigenvalue weighted by Gasteiger charge is 2.42. The van der Waals surface area contributed by atoms with Crippen LogP contribution in [-0.4, -0.2) is 21.0 Å². The topological polar surface area (TPSA) is 38.0 Å². The third-order valence-electron chi connectivity index (χ3n) is 4.98. The number of rotatable bonds is 4. The molecule has 3 nitrogen and oxygen atoms in total.